The summed E-state index contributed by atoms with van der Waals surface area (Å²) < 4.78 is 11.1. The molecule has 1 heterocycles. The van der Waals surface area contributed by atoms with Gasteiger partial charge in [0.05, 0.1) is 24.5 Å². The zero-order valence-electron chi connectivity index (χ0n) is 12.5. The first-order valence-corrected chi connectivity index (χ1v) is 7.41. The van der Waals surface area contributed by atoms with E-state index in [0.29, 0.717) is 35.6 Å². The van der Waals surface area contributed by atoms with Gasteiger partial charge < -0.3 is 9.47 Å². The third-order valence-corrected chi connectivity index (χ3v) is 2.96. The molecule has 22 heavy (non-hydrogen) atoms. The third kappa shape index (κ3) is 4.36. The predicted molar refractivity (Wildman–Crippen MR) is 89.2 cm³/mol. The van der Waals surface area contributed by atoms with Gasteiger partial charge in [0.1, 0.15) is 5.82 Å². The Morgan fingerprint density at radius 3 is 2.73 bits per heavy atom. The molecule has 0 saturated carbocycles. The minimum absolute atomic E-state index is 0.493. The summed E-state index contributed by atoms with van der Waals surface area (Å²) in [5, 5.41) is 4.63. The van der Waals surface area contributed by atoms with E-state index in [1.165, 1.54) is 0 Å². The van der Waals surface area contributed by atoms with Gasteiger partial charge in [-0.15, -0.1) is 0 Å². The first-order valence-electron chi connectivity index (χ1n) is 7.03. The number of hydrogen-bond acceptors (Lipinski definition) is 5. The van der Waals surface area contributed by atoms with Gasteiger partial charge in [-0.2, -0.15) is 5.10 Å². The minimum atomic E-state index is 0.493. The average Bonchev–Trinajstić information content (AvgIpc) is 2.52. The SMILES string of the molecule is CCOc1cc(/C=N/Nc2ccccn2)cc(Cl)c1OCC. The molecule has 0 bridgehead atoms. The Morgan fingerprint density at radius 1 is 1.23 bits per heavy atom. The number of halogens is 1. The topological polar surface area (TPSA) is 55.7 Å². The van der Waals surface area contributed by atoms with Gasteiger partial charge in [-0.3, -0.25) is 5.43 Å². The highest BCUT2D eigenvalue weighted by molar-refractivity contribution is 6.32. The highest BCUT2D eigenvalue weighted by Gasteiger charge is 2.11. The maximum Gasteiger partial charge on any atom is 0.179 e. The van der Waals surface area contributed by atoms with E-state index in [-0.39, 0.29) is 0 Å². The van der Waals surface area contributed by atoms with Gasteiger partial charge in [0.15, 0.2) is 11.5 Å². The Morgan fingerprint density at radius 2 is 2.05 bits per heavy atom. The van der Waals surface area contributed by atoms with Gasteiger partial charge in [-0.25, -0.2) is 4.98 Å². The highest BCUT2D eigenvalue weighted by Crippen LogP contribution is 2.36. The van der Waals surface area contributed by atoms with Crippen LogP contribution in [-0.4, -0.2) is 24.4 Å². The van der Waals surface area contributed by atoms with Crippen LogP contribution in [0.25, 0.3) is 0 Å². The normalized spacial score (nSPS) is 10.7. The summed E-state index contributed by atoms with van der Waals surface area (Å²) in [6.07, 6.45) is 3.34. The van der Waals surface area contributed by atoms with Crippen LogP contribution in [0.1, 0.15) is 19.4 Å². The number of hydrazone groups is 1. The number of benzene rings is 1. The Bertz CT molecular complexity index is 633. The minimum Gasteiger partial charge on any atom is -0.490 e. The van der Waals surface area contributed by atoms with Gasteiger partial charge >= 0.3 is 0 Å². The van der Waals surface area contributed by atoms with E-state index in [2.05, 4.69) is 15.5 Å². The molecule has 1 N–H and O–H groups in total. The van der Waals surface area contributed by atoms with Crippen LogP contribution in [0.3, 0.4) is 0 Å². The first-order chi connectivity index (χ1) is 10.7. The lowest BCUT2D eigenvalue weighted by molar-refractivity contribution is 0.288. The average molecular weight is 320 g/mol. The lowest BCUT2D eigenvalue weighted by atomic mass is 10.2. The fourth-order valence-corrected chi connectivity index (χ4v) is 2.09. The lowest BCUT2D eigenvalue weighted by Crippen LogP contribution is -2.00. The molecule has 0 spiro atoms. The quantitative estimate of drug-likeness (QED) is 0.619. The number of nitrogens with zero attached hydrogens (tertiary/aromatic N) is 2. The Kier molecular flexibility index (Phi) is 6.03. The molecule has 1 aromatic heterocycles. The van der Waals surface area contributed by atoms with Crippen LogP contribution in [0.2, 0.25) is 5.02 Å². The maximum absolute atomic E-state index is 6.25. The molecule has 0 unspecified atom stereocenters. The summed E-state index contributed by atoms with van der Waals surface area (Å²) in [7, 11) is 0. The third-order valence-electron chi connectivity index (χ3n) is 2.68. The van der Waals surface area contributed by atoms with Crippen LogP contribution in [0, 0.1) is 0 Å². The predicted octanol–water partition coefficient (Wildman–Crippen LogP) is 3.98. The summed E-state index contributed by atoms with van der Waals surface area (Å²) in [4.78, 5) is 4.12. The van der Waals surface area contributed by atoms with Gasteiger partial charge in [-0.05, 0) is 43.7 Å². The van der Waals surface area contributed by atoms with Crippen LogP contribution in [0.5, 0.6) is 11.5 Å². The number of aromatic nitrogens is 1. The summed E-state index contributed by atoms with van der Waals surface area (Å²) in [5.41, 5.74) is 3.65. The van der Waals surface area contributed by atoms with Crippen LogP contribution in [0.15, 0.2) is 41.6 Å². The van der Waals surface area contributed by atoms with Crippen molar-refractivity contribution in [3.63, 3.8) is 0 Å². The second-order valence-electron chi connectivity index (χ2n) is 4.28. The van der Waals surface area contributed by atoms with Crippen molar-refractivity contribution in [3.05, 3.63) is 47.1 Å². The summed E-state index contributed by atoms with van der Waals surface area (Å²) in [5.74, 6) is 1.83. The van der Waals surface area contributed by atoms with Crippen molar-refractivity contribution in [2.75, 3.05) is 18.6 Å². The largest absolute Gasteiger partial charge is 0.490 e. The van der Waals surface area contributed by atoms with Crippen molar-refractivity contribution in [1.29, 1.82) is 0 Å². The van der Waals surface area contributed by atoms with Crippen LogP contribution >= 0.6 is 11.6 Å². The van der Waals surface area contributed by atoms with Gasteiger partial charge in [0.2, 0.25) is 0 Å². The van der Waals surface area contributed by atoms with E-state index in [1.807, 2.05) is 38.1 Å². The molecule has 2 rings (SSSR count). The molecule has 0 aliphatic rings. The van der Waals surface area contributed by atoms with Gasteiger partial charge in [0, 0.05) is 6.20 Å². The Labute approximate surface area is 134 Å². The van der Waals surface area contributed by atoms with Crippen molar-refractivity contribution in [1.82, 2.24) is 4.98 Å². The number of rotatable bonds is 7. The van der Waals surface area contributed by atoms with Gasteiger partial charge in [-0.1, -0.05) is 17.7 Å². The van der Waals surface area contributed by atoms with E-state index in [0.717, 1.165) is 5.56 Å². The van der Waals surface area contributed by atoms with E-state index >= 15 is 0 Å². The van der Waals surface area contributed by atoms with E-state index in [4.69, 9.17) is 21.1 Å². The van der Waals surface area contributed by atoms with Crippen molar-refractivity contribution in [3.8, 4) is 11.5 Å². The number of anilines is 1. The molecule has 116 valence electrons. The van der Waals surface area contributed by atoms with Crippen molar-refractivity contribution in [2.45, 2.75) is 13.8 Å². The summed E-state index contributed by atoms with van der Waals surface area (Å²) >= 11 is 6.25. The number of ether oxygens (including phenoxy) is 2. The second-order valence-corrected chi connectivity index (χ2v) is 4.69. The zero-order valence-corrected chi connectivity index (χ0v) is 13.3. The molecule has 0 saturated heterocycles. The Balaban J connectivity index is 2.17. The molecule has 0 aliphatic carbocycles. The highest BCUT2D eigenvalue weighted by atomic mass is 35.5. The molecule has 0 aliphatic heterocycles. The first kappa shape index (κ1) is 16.1. The molecular weight excluding hydrogens is 302 g/mol. The molecular formula is C16H18ClN3O2. The molecule has 1 aromatic carbocycles. The van der Waals surface area contributed by atoms with E-state index < -0.39 is 0 Å². The second kappa shape index (κ2) is 8.24. The van der Waals surface area contributed by atoms with Crippen LogP contribution < -0.4 is 14.9 Å². The molecule has 6 heteroatoms. The van der Waals surface area contributed by atoms with Crippen LogP contribution in [0.4, 0.5) is 5.82 Å². The maximum atomic E-state index is 6.25. The van der Waals surface area contributed by atoms with Gasteiger partial charge in [0.25, 0.3) is 0 Å². The van der Waals surface area contributed by atoms with Crippen molar-refractivity contribution in [2.24, 2.45) is 5.10 Å². The van der Waals surface area contributed by atoms with Crippen molar-refractivity contribution >= 4 is 23.6 Å². The van der Waals surface area contributed by atoms with Crippen LogP contribution in [-0.2, 0) is 0 Å². The molecule has 5 nitrogen and oxygen atoms in total. The standard InChI is InChI=1S/C16H18ClN3O2/c1-3-21-14-10-12(9-13(17)16(14)22-4-2)11-19-20-15-7-5-6-8-18-15/h5-11H,3-4H2,1-2H3,(H,18,20)/b19-11+. The lowest BCUT2D eigenvalue weighted by Gasteiger charge is -2.13. The van der Waals surface area contributed by atoms with E-state index in [9.17, 15) is 0 Å². The Hall–Kier alpha value is -2.27. The number of pyridine rings is 1. The number of nitrogens with one attached hydrogen (secondary N) is 1. The van der Waals surface area contributed by atoms with E-state index in [1.54, 1.807) is 18.5 Å². The monoisotopic (exact) mass is 319 g/mol. The molecule has 0 radical (unpaired) electrons. The molecule has 0 atom stereocenters. The molecule has 0 amide bonds. The molecule has 2 aromatic rings. The fourth-order valence-electron chi connectivity index (χ4n) is 1.81. The van der Waals surface area contributed by atoms with Crippen molar-refractivity contribution < 1.29 is 9.47 Å². The summed E-state index contributed by atoms with van der Waals surface area (Å²) in [6.45, 7) is 4.86. The smallest absolute Gasteiger partial charge is 0.179 e. The summed E-state index contributed by atoms with van der Waals surface area (Å²) in [6, 6.07) is 9.16. The molecule has 0 fully saturated rings. The fraction of sp³-hybridized carbons (Fsp3) is 0.250. The number of hydrogen-bond donors (Lipinski definition) is 1. The zero-order chi connectivity index (χ0) is 15.8.